The number of rotatable bonds is 5. The highest BCUT2D eigenvalue weighted by atomic mass is 16.3. The molecule has 7 heteroatoms. The van der Waals surface area contributed by atoms with Crippen LogP contribution in [0.25, 0.3) is 0 Å². The van der Waals surface area contributed by atoms with Gasteiger partial charge in [0.05, 0.1) is 19.4 Å². The van der Waals surface area contributed by atoms with Crippen LogP contribution in [-0.4, -0.2) is 34.5 Å². The number of hydrogen-bond acceptors (Lipinski definition) is 4. The maximum atomic E-state index is 12.8. The third-order valence-electron chi connectivity index (χ3n) is 4.40. The molecule has 26 heavy (non-hydrogen) atoms. The van der Waals surface area contributed by atoms with Crippen molar-refractivity contribution >= 4 is 11.9 Å². The molecule has 1 aliphatic rings. The van der Waals surface area contributed by atoms with Gasteiger partial charge in [0.25, 0.3) is 0 Å². The Bertz CT molecular complexity index is 745. The van der Waals surface area contributed by atoms with Gasteiger partial charge >= 0.3 is 6.03 Å². The maximum Gasteiger partial charge on any atom is 0.318 e. The van der Waals surface area contributed by atoms with Crippen LogP contribution in [0.3, 0.4) is 0 Å². The summed E-state index contributed by atoms with van der Waals surface area (Å²) in [4.78, 5) is 26.4. The molecule has 1 fully saturated rings. The highest BCUT2D eigenvalue weighted by Gasteiger charge is 2.25. The number of hydrogen-bond donors (Lipinski definition) is 3. The second-order valence-corrected chi connectivity index (χ2v) is 6.35. The molecule has 2 aromatic rings. The molecule has 1 aromatic heterocycles. The summed E-state index contributed by atoms with van der Waals surface area (Å²) in [6.45, 7) is 1.08. The Morgan fingerprint density at radius 1 is 1.23 bits per heavy atom. The Kier molecular flexibility index (Phi) is 5.78. The van der Waals surface area contributed by atoms with Gasteiger partial charge in [0, 0.05) is 12.1 Å². The summed E-state index contributed by atoms with van der Waals surface area (Å²) in [6, 6.07) is 9.49. The summed E-state index contributed by atoms with van der Waals surface area (Å²) in [6.07, 6.45) is 3.94. The third kappa shape index (κ3) is 4.56. The molecular formula is C19H23N3O4. The van der Waals surface area contributed by atoms with Gasteiger partial charge in [-0.1, -0.05) is 18.2 Å². The second-order valence-electron chi connectivity index (χ2n) is 6.35. The molecule has 138 valence electrons. The molecule has 1 aliphatic heterocycles. The quantitative estimate of drug-likeness (QED) is 0.766. The van der Waals surface area contributed by atoms with Gasteiger partial charge < -0.3 is 25.1 Å². The van der Waals surface area contributed by atoms with Crippen LogP contribution in [0.4, 0.5) is 4.79 Å². The monoisotopic (exact) mass is 357 g/mol. The van der Waals surface area contributed by atoms with Crippen molar-refractivity contribution in [3.63, 3.8) is 0 Å². The Labute approximate surface area is 152 Å². The van der Waals surface area contributed by atoms with Gasteiger partial charge in [-0.2, -0.15) is 0 Å². The topological polar surface area (TPSA) is 94.8 Å². The zero-order valence-corrected chi connectivity index (χ0v) is 14.5. The molecule has 7 nitrogen and oxygen atoms in total. The molecule has 2 heterocycles. The summed E-state index contributed by atoms with van der Waals surface area (Å²) < 4.78 is 5.35. The van der Waals surface area contributed by atoms with E-state index < -0.39 is 6.04 Å². The minimum absolute atomic E-state index is 0.122. The van der Waals surface area contributed by atoms with Crippen molar-refractivity contribution in [1.29, 1.82) is 0 Å². The van der Waals surface area contributed by atoms with Crippen LogP contribution in [0.2, 0.25) is 0 Å². The maximum absolute atomic E-state index is 12.8. The van der Waals surface area contributed by atoms with E-state index in [4.69, 9.17) is 4.42 Å². The highest BCUT2D eigenvalue weighted by molar-refractivity contribution is 5.87. The zero-order valence-electron chi connectivity index (χ0n) is 14.5. The van der Waals surface area contributed by atoms with Gasteiger partial charge in [0.1, 0.15) is 17.6 Å². The molecule has 3 N–H and O–H groups in total. The highest BCUT2D eigenvalue weighted by Crippen LogP contribution is 2.19. The number of phenolic OH excluding ortho intramolecular Hbond substituents is 1. The Hall–Kier alpha value is -2.96. The van der Waals surface area contributed by atoms with Crippen LogP contribution in [0.5, 0.6) is 5.75 Å². The molecule has 0 radical (unpaired) electrons. The molecule has 1 unspecified atom stereocenters. The molecular weight excluding hydrogens is 334 g/mol. The molecule has 0 saturated carbocycles. The van der Waals surface area contributed by atoms with Crippen molar-refractivity contribution in [1.82, 2.24) is 15.5 Å². The number of para-hydroxylation sites is 1. The second kappa shape index (κ2) is 8.42. The van der Waals surface area contributed by atoms with Crippen LogP contribution in [0.1, 0.15) is 30.6 Å². The first-order chi connectivity index (χ1) is 12.6. The fourth-order valence-corrected chi connectivity index (χ4v) is 2.96. The van der Waals surface area contributed by atoms with Gasteiger partial charge in [0.15, 0.2) is 0 Å². The van der Waals surface area contributed by atoms with E-state index in [2.05, 4.69) is 10.6 Å². The third-order valence-corrected chi connectivity index (χ3v) is 4.40. The van der Waals surface area contributed by atoms with E-state index in [0.717, 1.165) is 12.8 Å². The molecule has 1 atom stereocenters. The smallest absolute Gasteiger partial charge is 0.318 e. The number of phenols is 1. The first-order valence-electron chi connectivity index (χ1n) is 8.76. The fourth-order valence-electron chi connectivity index (χ4n) is 2.96. The van der Waals surface area contributed by atoms with E-state index in [-0.39, 0.29) is 30.8 Å². The number of urea groups is 1. The summed E-state index contributed by atoms with van der Waals surface area (Å²) in [5.74, 6) is 0.592. The molecule has 3 amide bonds. The summed E-state index contributed by atoms with van der Waals surface area (Å²) in [5.41, 5.74) is 0.625. The van der Waals surface area contributed by atoms with Gasteiger partial charge in [-0.05, 0) is 37.5 Å². The number of carbonyl (C=O) groups excluding carboxylic acids is 2. The lowest BCUT2D eigenvalue weighted by atomic mass is 10.1. The van der Waals surface area contributed by atoms with E-state index >= 15 is 0 Å². The lowest BCUT2D eigenvalue weighted by Crippen LogP contribution is -2.50. The predicted octanol–water partition coefficient (Wildman–Crippen LogP) is 2.37. The summed E-state index contributed by atoms with van der Waals surface area (Å²) >= 11 is 0. The Morgan fingerprint density at radius 2 is 2.08 bits per heavy atom. The van der Waals surface area contributed by atoms with Gasteiger partial charge in [0.2, 0.25) is 5.91 Å². The Morgan fingerprint density at radius 3 is 2.85 bits per heavy atom. The standard InChI is InChI=1S/C19H23N3O4/c23-17-9-2-1-6-14(17)12-22(13-15-7-5-11-26-15)19(25)21-16-8-3-4-10-20-18(16)24/h1-2,5-7,9,11,16,23H,3-4,8,10,12-13H2,(H,20,24)(H,21,25). The first kappa shape index (κ1) is 17.8. The number of nitrogens with one attached hydrogen (secondary N) is 2. The molecule has 1 saturated heterocycles. The van der Waals surface area contributed by atoms with Crippen LogP contribution in [0, 0.1) is 0 Å². The average molecular weight is 357 g/mol. The average Bonchev–Trinajstić information content (AvgIpc) is 3.06. The molecule has 0 bridgehead atoms. The van der Waals surface area contributed by atoms with Gasteiger partial charge in [-0.25, -0.2) is 4.79 Å². The number of aromatic hydroxyl groups is 1. The van der Waals surface area contributed by atoms with Gasteiger partial charge in [-0.15, -0.1) is 0 Å². The van der Waals surface area contributed by atoms with Crippen molar-refractivity contribution in [3.8, 4) is 5.75 Å². The molecule has 0 aliphatic carbocycles. The lowest BCUT2D eigenvalue weighted by Gasteiger charge is -2.25. The van der Waals surface area contributed by atoms with Crippen molar-refractivity contribution in [2.24, 2.45) is 0 Å². The number of amides is 3. The normalized spacial score (nSPS) is 17.2. The van der Waals surface area contributed by atoms with E-state index in [1.165, 1.54) is 4.90 Å². The van der Waals surface area contributed by atoms with E-state index in [9.17, 15) is 14.7 Å². The van der Waals surface area contributed by atoms with E-state index in [1.54, 1.807) is 42.7 Å². The van der Waals surface area contributed by atoms with Crippen LogP contribution < -0.4 is 10.6 Å². The summed E-state index contributed by atoms with van der Waals surface area (Å²) in [7, 11) is 0. The summed E-state index contributed by atoms with van der Waals surface area (Å²) in [5, 5.41) is 15.6. The zero-order chi connectivity index (χ0) is 18.4. The SMILES string of the molecule is O=C1NCCCCC1NC(=O)N(Cc1ccco1)Cc1ccccc1O. The molecule has 1 aromatic carbocycles. The molecule has 3 rings (SSSR count). The van der Waals surface area contributed by atoms with Crippen LogP contribution in [-0.2, 0) is 17.9 Å². The number of furan rings is 1. The minimum atomic E-state index is -0.548. The lowest BCUT2D eigenvalue weighted by molar-refractivity contribution is -0.122. The van der Waals surface area contributed by atoms with Crippen LogP contribution in [0.15, 0.2) is 47.1 Å². The van der Waals surface area contributed by atoms with E-state index in [0.29, 0.717) is 24.3 Å². The number of benzene rings is 1. The van der Waals surface area contributed by atoms with E-state index in [1.807, 2.05) is 0 Å². The number of nitrogens with zero attached hydrogens (tertiary/aromatic N) is 1. The number of carbonyl (C=O) groups is 2. The van der Waals surface area contributed by atoms with Gasteiger partial charge in [-0.3, -0.25) is 4.79 Å². The largest absolute Gasteiger partial charge is 0.508 e. The minimum Gasteiger partial charge on any atom is -0.508 e. The van der Waals surface area contributed by atoms with Crippen molar-refractivity contribution in [2.45, 2.75) is 38.4 Å². The van der Waals surface area contributed by atoms with Crippen LogP contribution >= 0.6 is 0 Å². The van der Waals surface area contributed by atoms with Crippen molar-refractivity contribution in [2.75, 3.05) is 6.54 Å². The Balaban J connectivity index is 1.74. The molecule has 0 spiro atoms. The van der Waals surface area contributed by atoms with Crippen molar-refractivity contribution < 1.29 is 19.1 Å². The first-order valence-corrected chi connectivity index (χ1v) is 8.76. The fraction of sp³-hybridized carbons (Fsp3) is 0.368. The predicted molar refractivity (Wildman–Crippen MR) is 95.2 cm³/mol. The van der Waals surface area contributed by atoms with Crippen molar-refractivity contribution in [3.05, 3.63) is 54.0 Å².